The number of halogens is 1. The van der Waals surface area contributed by atoms with Gasteiger partial charge in [0.25, 0.3) is 0 Å². The summed E-state index contributed by atoms with van der Waals surface area (Å²) in [5.74, 6) is 0.428. The lowest BCUT2D eigenvalue weighted by Crippen LogP contribution is -2.11. The topological polar surface area (TPSA) is 55.2 Å². The first kappa shape index (κ1) is 14.0. The first-order valence-corrected chi connectivity index (χ1v) is 6.73. The molecule has 0 aliphatic carbocycles. The molecule has 4 nitrogen and oxygen atoms in total. The molecule has 100 valence electrons. The van der Waals surface area contributed by atoms with E-state index in [9.17, 15) is 5.11 Å². The van der Waals surface area contributed by atoms with Crippen LogP contribution < -0.4 is 4.74 Å². The third kappa shape index (κ3) is 3.75. The van der Waals surface area contributed by atoms with Gasteiger partial charge in [-0.05, 0) is 37.1 Å². The molecule has 1 heterocycles. The minimum atomic E-state index is -0.694. The Bertz CT molecular complexity index is 575. The minimum Gasteiger partial charge on any atom is -0.473 e. The van der Waals surface area contributed by atoms with Crippen LogP contribution in [0.5, 0.6) is 5.88 Å². The van der Waals surface area contributed by atoms with E-state index in [1.165, 1.54) is 0 Å². The SMILES string of the molecule is Cc1cc(OCC(O)c2cccc(Br)c2)nnc1C. The molecule has 1 aromatic heterocycles. The lowest BCUT2D eigenvalue weighted by molar-refractivity contribution is 0.105. The van der Waals surface area contributed by atoms with Crippen LogP contribution in [-0.2, 0) is 0 Å². The predicted molar refractivity (Wildman–Crippen MR) is 76.1 cm³/mol. The van der Waals surface area contributed by atoms with Crippen molar-refractivity contribution in [2.75, 3.05) is 6.61 Å². The molecule has 1 aromatic carbocycles. The zero-order valence-electron chi connectivity index (χ0n) is 10.8. The van der Waals surface area contributed by atoms with Gasteiger partial charge in [-0.1, -0.05) is 28.1 Å². The fourth-order valence-electron chi connectivity index (χ4n) is 1.57. The molecule has 1 atom stereocenters. The summed E-state index contributed by atoms with van der Waals surface area (Å²) >= 11 is 3.37. The zero-order chi connectivity index (χ0) is 13.8. The van der Waals surface area contributed by atoms with E-state index in [-0.39, 0.29) is 6.61 Å². The fourth-order valence-corrected chi connectivity index (χ4v) is 1.98. The molecule has 1 unspecified atom stereocenters. The van der Waals surface area contributed by atoms with Crippen molar-refractivity contribution in [1.29, 1.82) is 0 Å². The Labute approximate surface area is 120 Å². The highest BCUT2D eigenvalue weighted by Crippen LogP contribution is 2.19. The number of aromatic nitrogens is 2. The quantitative estimate of drug-likeness (QED) is 0.940. The van der Waals surface area contributed by atoms with Gasteiger partial charge in [-0.15, -0.1) is 5.10 Å². The Morgan fingerprint density at radius 3 is 2.74 bits per heavy atom. The van der Waals surface area contributed by atoms with Gasteiger partial charge in [-0.3, -0.25) is 0 Å². The molecule has 0 aliphatic heterocycles. The summed E-state index contributed by atoms with van der Waals surface area (Å²) in [6.45, 7) is 3.98. The third-order valence-corrected chi connectivity index (χ3v) is 3.33. The number of benzene rings is 1. The first-order chi connectivity index (χ1) is 9.06. The monoisotopic (exact) mass is 322 g/mol. The molecular weight excluding hydrogens is 308 g/mol. The largest absolute Gasteiger partial charge is 0.473 e. The molecule has 0 bridgehead atoms. The maximum Gasteiger partial charge on any atom is 0.233 e. The van der Waals surface area contributed by atoms with Gasteiger partial charge in [0, 0.05) is 10.5 Å². The van der Waals surface area contributed by atoms with Crippen molar-refractivity contribution in [3.8, 4) is 5.88 Å². The number of ether oxygens (including phenoxy) is 1. The van der Waals surface area contributed by atoms with E-state index in [1.54, 1.807) is 0 Å². The Morgan fingerprint density at radius 2 is 2.05 bits per heavy atom. The molecule has 2 rings (SSSR count). The van der Waals surface area contributed by atoms with Gasteiger partial charge in [-0.2, -0.15) is 5.10 Å². The second-order valence-corrected chi connectivity index (χ2v) is 5.25. The average Bonchev–Trinajstić information content (AvgIpc) is 2.40. The average molecular weight is 323 g/mol. The molecule has 0 saturated carbocycles. The Hall–Kier alpha value is -1.46. The summed E-state index contributed by atoms with van der Waals surface area (Å²) in [5.41, 5.74) is 2.69. The summed E-state index contributed by atoms with van der Waals surface area (Å²) in [6.07, 6.45) is -0.694. The molecule has 19 heavy (non-hydrogen) atoms. The number of aliphatic hydroxyl groups excluding tert-OH is 1. The number of hydrogen-bond acceptors (Lipinski definition) is 4. The lowest BCUT2D eigenvalue weighted by Gasteiger charge is -2.12. The third-order valence-electron chi connectivity index (χ3n) is 2.83. The van der Waals surface area contributed by atoms with Gasteiger partial charge in [0.15, 0.2) is 0 Å². The van der Waals surface area contributed by atoms with E-state index < -0.39 is 6.10 Å². The normalized spacial score (nSPS) is 12.2. The number of hydrogen-bond donors (Lipinski definition) is 1. The van der Waals surface area contributed by atoms with E-state index in [1.807, 2.05) is 44.2 Å². The van der Waals surface area contributed by atoms with Crippen molar-refractivity contribution in [3.63, 3.8) is 0 Å². The van der Waals surface area contributed by atoms with Gasteiger partial charge in [0.1, 0.15) is 12.7 Å². The van der Waals surface area contributed by atoms with Crippen LogP contribution in [0, 0.1) is 13.8 Å². The summed E-state index contributed by atoms with van der Waals surface area (Å²) in [6, 6.07) is 9.31. The molecule has 0 fully saturated rings. The van der Waals surface area contributed by atoms with E-state index in [2.05, 4.69) is 26.1 Å². The second kappa shape index (κ2) is 6.12. The van der Waals surface area contributed by atoms with Gasteiger partial charge >= 0.3 is 0 Å². The summed E-state index contributed by atoms with van der Waals surface area (Å²) in [7, 11) is 0. The number of nitrogens with zero attached hydrogens (tertiary/aromatic N) is 2. The predicted octanol–water partition coefficient (Wildman–Crippen LogP) is 2.97. The molecule has 0 radical (unpaired) electrons. The van der Waals surface area contributed by atoms with Gasteiger partial charge in [0.05, 0.1) is 5.69 Å². The van der Waals surface area contributed by atoms with Crippen molar-refractivity contribution in [2.45, 2.75) is 20.0 Å². The zero-order valence-corrected chi connectivity index (χ0v) is 12.4. The van der Waals surface area contributed by atoms with Crippen molar-refractivity contribution < 1.29 is 9.84 Å². The van der Waals surface area contributed by atoms with E-state index >= 15 is 0 Å². The van der Waals surface area contributed by atoms with Crippen molar-refractivity contribution in [3.05, 3.63) is 51.6 Å². The molecule has 5 heteroatoms. The molecule has 2 aromatic rings. The number of aliphatic hydroxyl groups is 1. The van der Waals surface area contributed by atoms with Gasteiger partial charge in [-0.25, -0.2) is 0 Å². The van der Waals surface area contributed by atoms with E-state index in [4.69, 9.17) is 4.74 Å². The standard InChI is InChI=1S/C14H15BrN2O2/c1-9-6-14(17-16-10(9)2)19-8-13(18)11-4-3-5-12(15)7-11/h3-7,13,18H,8H2,1-2H3. The fraction of sp³-hybridized carbons (Fsp3) is 0.286. The molecule has 0 aliphatic rings. The first-order valence-electron chi connectivity index (χ1n) is 5.93. The minimum absolute atomic E-state index is 0.146. The Kier molecular flexibility index (Phi) is 4.50. The smallest absolute Gasteiger partial charge is 0.233 e. The van der Waals surface area contributed by atoms with E-state index in [0.717, 1.165) is 21.3 Å². The maximum atomic E-state index is 10.0. The van der Waals surface area contributed by atoms with Gasteiger partial charge in [0.2, 0.25) is 5.88 Å². The van der Waals surface area contributed by atoms with Crippen LogP contribution in [0.15, 0.2) is 34.8 Å². The number of aryl methyl sites for hydroxylation is 2. The number of rotatable bonds is 4. The lowest BCUT2D eigenvalue weighted by atomic mass is 10.1. The van der Waals surface area contributed by atoms with Gasteiger partial charge < -0.3 is 9.84 Å². The van der Waals surface area contributed by atoms with Crippen LogP contribution in [0.25, 0.3) is 0 Å². The van der Waals surface area contributed by atoms with E-state index in [0.29, 0.717) is 5.88 Å². The molecule has 0 spiro atoms. The molecule has 0 amide bonds. The van der Waals surface area contributed by atoms with Crippen LogP contribution in [0.3, 0.4) is 0 Å². The Balaban J connectivity index is 2.00. The van der Waals surface area contributed by atoms with Crippen molar-refractivity contribution in [2.24, 2.45) is 0 Å². The second-order valence-electron chi connectivity index (χ2n) is 4.33. The van der Waals surface area contributed by atoms with Crippen LogP contribution in [-0.4, -0.2) is 21.9 Å². The molecular formula is C14H15BrN2O2. The highest BCUT2D eigenvalue weighted by Gasteiger charge is 2.10. The highest BCUT2D eigenvalue weighted by molar-refractivity contribution is 9.10. The van der Waals surface area contributed by atoms with Crippen LogP contribution >= 0.6 is 15.9 Å². The van der Waals surface area contributed by atoms with Crippen LogP contribution in [0.4, 0.5) is 0 Å². The summed E-state index contributed by atoms with van der Waals surface area (Å²) in [5, 5.41) is 17.9. The summed E-state index contributed by atoms with van der Waals surface area (Å²) < 4.78 is 6.38. The summed E-state index contributed by atoms with van der Waals surface area (Å²) in [4.78, 5) is 0. The van der Waals surface area contributed by atoms with Crippen molar-refractivity contribution >= 4 is 15.9 Å². The molecule has 0 saturated heterocycles. The highest BCUT2D eigenvalue weighted by atomic mass is 79.9. The maximum absolute atomic E-state index is 10.0. The van der Waals surface area contributed by atoms with Crippen LogP contribution in [0.2, 0.25) is 0 Å². The molecule has 1 N–H and O–H groups in total. The Morgan fingerprint density at radius 1 is 1.26 bits per heavy atom. The van der Waals surface area contributed by atoms with Crippen molar-refractivity contribution in [1.82, 2.24) is 10.2 Å². The van der Waals surface area contributed by atoms with Crippen LogP contribution in [0.1, 0.15) is 22.9 Å².